The minimum absolute atomic E-state index is 0.0839. The molecule has 2 heteroatoms. The molecule has 0 spiro atoms. The van der Waals surface area contributed by atoms with Crippen molar-refractivity contribution in [3.8, 4) is 0 Å². The van der Waals surface area contributed by atoms with Gasteiger partial charge in [-0.1, -0.05) is 68.5 Å². The predicted octanol–water partition coefficient (Wildman–Crippen LogP) is 5.98. The number of rotatable bonds is 3. The molecule has 0 N–H and O–H groups in total. The molecule has 3 aromatic rings. The highest BCUT2D eigenvalue weighted by atomic mass is 15.1. The lowest BCUT2D eigenvalue weighted by molar-refractivity contribution is 0.741. The standard InChI is InChI=1S/C24H24N2/c1-24(2)21-15-12-18-7-5-6-8-20(18)23(21)25-22(24)16-11-17-9-13-19(14-10-17)26(3)4/h5-16H,1-4H3. The summed E-state index contributed by atoms with van der Waals surface area (Å²) in [6, 6.07) is 21.5. The lowest BCUT2D eigenvalue weighted by atomic mass is 9.80. The van der Waals surface area contributed by atoms with Crippen molar-refractivity contribution in [1.29, 1.82) is 0 Å². The van der Waals surface area contributed by atoms with Gasteiger partial charge in [0.15, 0.2) is 0 Å². The summed E-state index contributed by atoms with van der Waals surface area (Å²) in [6.07, 6.45) is 4.33. The van der Waals surface area contributed by atoms with Crippen molar-refractivity contribution in [1.82, 2.24) is 0 Å². The summed E-state index contributed by atoms with van der Waals surface area (Å²) in [4.78, 5) is 7.13. The van der Waals surface area contributed by atoms with Crippen LogP contribution in [0, 0.1) is 0 Å². The van der Waals surface area contributed by atoms with Gasteiger partial charge in [0.25, 0.3) is 0 Å². The van der Waals surface area contributed by atoms with Crippen LogP contribution in [0.15, 0.2) is 71.7 Å². The Hall–Kier alpha value is -2.87. The minimum atomic E-state index is -0.0839. The van der Waals surface area contributed by atoms with Crippen LogP contribution in [-0.4, -0.2) is 19.8 Å². The van der Waals surface area contributed by atoms with Gasteiger partial charge in [0.1, 0.15) is 0 Å². The lowest BCUT2D eigenvalue weighted by Gasteiger charge is -2.20. The summed E-state index contributed by atoms with van der Waals surface area (Å²) in [6.45, 7) is 4.51. The average molecular weight is 340 g/mol. The summed E-state index contributed by atoms with van der Waals surface area (Å²) >= 11 is 0. The Kier molecular flexibility index (Phi) is 3.91. The van der Waals surface area contributed by atoms with E-state index in [0.29, 0.717) is 0 Å². The molecular formula is C24H24N2. The Morgan fingerprint density at radius 1 is 0.846 bits per heavy atom. The molecule has 0 atom stereocenters. The van der Waals surface area contributed by atoms with Crippen molar-refractivity contribution >= 4 is 33.9 Å². The molecule has 0 saturated heterocycles. The molecule has 0 bridgehead atoms. The number of hydrogen-bond acceptors (Lipinski definition) is 2. The van der Waals surface area contributed by atoms with Gasteiger partial charge in [0.05, 0.1) is 11.4 Å². The van der Waals surface area contributed by atoms with Gasteiger partial charge in [-0.3, -0.25) is 4.99 Å². The summed E-state index contributed by atoms with van der Waals surface area (Å²) in [5, 5.41) is 2.48. The molecule has 130 valence electrons. The van der Waals surface area contributed by atoms with Crippen molar-refractivity contribution in [3.63, 3.8) is 0 Å². The summed E-state index contributed by atoms with van der Waals surface area (Å²) < 4.78 is 0. The molecule has 26 heavy (non-hydrogen) atoms. The number of hydrogen-bond donors (Lipinski definition) is 0. The Balaban J connectivity index is 1.71. The van der Waals surface area contributed by atoms with Crippen LogP contribution in [0.2, 0.25) is 0 Å². The molecule has 0 radical (unpaired) electrons. The SMILES string of the molecule is CN(C)c1ccc(C=CC2=Nc3c(ccc4ccccc34)C2(C)C)cc1. The van der Waals surface area contributed by atoms with Crippen LogP contribution in [0.25, 0.3) is 16.8 Å². The molecule has 0 aliphatic carbocycles. The van der Waals surface area contributed by atoms with E-state index in [0.717, 1.165) is 11.4 Å². The lowest BCUT2D eigenvalue weighted by Crippen LogP contribution is -2.23. The number of fused-ring (bicyclic) bond motifs is 3. The molecule has 0 fully saturated rings. The summed E-state index contributed by atoms with van der Waals surface area (Å²) in [5.41, 5.74) is 5.85. The molecule has 1 aliphatic rings. The molecule has 2 nitrogen and oxygen atoms in total. The van der Waals surface area contributed by atoms with Crippen LogP contribution < -0.4 is 4.90 Å². The maximum atomic E-state index is 5.02. The highest BCUT2D eigenvalue weighted by molar-refractivity contribution is 6.14. The van der Waals surface area contributed by atoms with Crippen LogP contribution in [-0.2, 0) is 5.41 Å². The van der Waals surface area contributed by atoms with Gasteiger partial charge in [0.2, 0.25) is 0 Å². The fourth-order valence-corrected chi connectivity index (χ4v) is 3.58. The van der Waals surface area contributed by atoms with E-state index in [2.05, 4.69) is 106 Å². The van der Waals surface area contributed by atoms with Crippen LogP contribution in [0.4, 0.5) is 11.4 Å². The van der Waals surface area contributed by atoms with Gasteiger partial charge >= 0.3 is 0 Å². The highest BCUT2D eigenvalue weighted by Crippen LogP contribution is 2.44. The first kappa shape index (κ1) is 16.6. The van der Waals surface area contributed by atoms with Crippen molar-refractivity contribution in [2.45, 2.75) is 19.3 Å². The molecule has 1 heterocycles. The van der Waals surface area contributed by atoms with Crippen molar-refractivity contribution in [2.75, 3.05) is 19.0 Å². The van der Waals surface area contributed by atoms with E-state index in [1.165, 1.54) is 27.6 Å². The third-order valence-corrected chi connectivity index (χ3v) is 5.29. The second kappa shape index (κ2) is 6.14. The second-order valence-electron chi connectivity index (χ2n) is 7.62. The fourth-order valence-electron chi connectivity index (χ4n) is 3.58. The van der Waals surface area contributed by atoms with Crippen molar-refractivity contribution < 1.29 is 0 Å². The maximum absolute atomic E-state index is 5.02. The first-order valence-corrected chi connectivity index (χ1v) is 9.04. The largest absolute Gasteiger partial charge is 0.378 e. The minimum Gasteiger partial charge on any atom is -0.378 e. The zero-order valence-electron chi connectivity index (χ0n) is 15.8. The molecule has 0 amide bonds. The van der Waals surface area contributed by atoms with E-state index in [-0.39, 0.29) is 5.41 Å². The molecular weight excluding hydrogens is 316 g/mol. The number of anilines is 1. The van der Waals surface area contributed by atoms with Crippen molar-refractivity contribution in [3.05, 3.63) is 77.9 Å². The predicted molar refractivity (Wildman–Crippen MR) is 114 cm³/mol. The van der Waals surface area contributed by atoms with E-state index in [4.69, 9.17) is 4.99 Å². The van der Waals surface area contributed by atoms with Gasteiger partial charge in [-0.25, -0.2) is 0 Å². The highest BCUT2D eigenvalue weighted by Gasteiger charge is 2.34. The number of allylic oxidation sites excluding steroid dienone is 1. The Bertz CT molecular complexity index is 1020. The molecule has 1 aliphatic heterocycles. The Morgan fingerprint density at radius 3 is 2.31 bits per heavy atom. The fraction of sp³-hybridized carbons (Fsp3) is 0.208. The van der Waals surface area contributed by atoms with Gasteiger partial charge in [-0.15, -0.1) is 0 Å². The first-order valence-electron chi connectivity index (χ1n) is 9.04. The molecule has 0 unspecified atom stereocenters. The average Bonchev–Trinajstić information content (AvgIpc) is 2.91. The van der Waals surface area contributed by atoms with E-state index < -0.39 is 0 Å². The van der Waals surface area contributed by atoms with Gasteiger partial charge in [-0.05, 0) is 34.7 Å². The normalized spacial score (nSPS) is 15.3. The Morgan fingerprint density at radius 2 is 1.58 bits per heavy atom. The molecule has 3 aromatic carbocycles. The molecule has 0 aromatic heterocycles. The smallest absolute Gasteiger partial charge is 0.0753 e. The third-order valence-electron chi connectivity index (χ3n) is 5.29. The van der Waals surface area contributed by atoms with Gasteiger partial charge in [0, 0.05) is 30.6 Å². The van der Waals surface area contributed by atoms with Gasteiger partial charge < -0.3 is 4.90 Å². The molecule has 4 rings (SSSR count). The second-order valence-corrected chi connectivity index (χ2v) is 7.62. The zero-order chi connectivity index (χ0) is 18.3. The van der Waals surface area contributed by atoms with Crippen molar-refractivity contribution in [2.24, 2.45) is 4.99 Å². The monoisotopic (exact) mass is 340 g/mol. The van der Waals surface area contributed by atoms with Crippen LogP contribution in [0.5, 0.6) is 0 Å². The summed E-state index contributed by atoms with van der Waals surface area (Å²) in [5.74, 6) is 0. The van der Waals surface area contributed by atoms with E-state index in [1.54, 1.807) is 0 Å². The third kappa shape index (κ3) is 2.72. The maximum Gasteiger partial charge on any atom is 0.0753 e. The molecule has 0 saturated carbocycles. The number of aliphatic imine (C=N–C) groups is 1. The van der Waals surface area contributed by atoms with E-state index >= 15 is 0 Å². The first-order chi connectivity index (χ1) is 12.5. The summed E-state index contributed by atoms with van der Waals surface area (Å²) in [7, 11) is 4.12. The van der Waals surface area contributed by atoms with Crippen LogP contribution >= 0.6 is 0 Å². The van der Waals surface area contributed by atoms with Gasteiger partial charge in [-0.2, -0.15) is 0 Å². The Labute approximate surface area is 155 Å². The van der Waals surface area contributed by atoms with E-state index in [1.807, 2.05) is 0 Å². The topological polar surface area (TPSA) is 15.6 Å². The van der Waals surface area contributed by atoms with Crippen LogP contribution in [0.3, 0.4) is 0 Å². The number of benzene rings is 3. The van der Waals surface area contributed by atoms with Crippen LogP contribution in [0.1, 0.15) is 25.0 Å². The number of nitrogens with zero attached hydrogens (tertiary/aromatic N) is 2. The zero-order valence-corrected chi connectivity index (χ0v) is 15.8. The van der Waals surface area contributed by atoms with E-state index in [9.17, 15) is 0 Å². The quantitative estimate of drug-likeness (QED) is 0.572.